The first-order valence-corrected chi connectivity index (χ1v) is 12.0. The van der Waals surface area contributed by atoms with Crippen molar-refractivity contribution in [1.82, 2.24) is 19.1 Å². The highest BCUT2D eigenvalue weighted by molar-refractivity contribution is 7.89. The molecular weight excluding hydrogens is 457 g/mol. The molecule has 1 amide bonds. The van der Waals surface area contributed by atoms with Gasteiger partial charge in [-0.25, -0.2) is 22.5 Å². The van der Waals surface area contributed by atoms with Crippen molar-refractivity contribution in [2.45, 2.75) is 17.9 Å². The lowest BCUT2D eigenvalue weighted by Gasteiger charge is -2.28. The first kappa shape index (κ1) is 21.9. The predicted octanol–water partition coefficient (Wildman–Crippen LogP) is 3.41. The van der Waals surface area contributed by atoms with Crippen LogP contribution in [0.3, 0.4) is 0 Å². The van der Waals surface area contributed by atoms with Gasteiger partial charge in [0.25, 0.3) is 5.91 Å². The van der Waals surface area contributed by atoms with Crippen LogP contribution in [0.25, 0.3) is 5.69 Å². The highest BCUT2D eigenvalue weighted by Gasteiger charge is 2.28. The number of hydrogen-bond donors (Lipinski definition) is 1. The van der Waals surface area contributed by atoms with Crippen LogP contribution in [0.2, 0.25) is 0 Å². The van der Waals surface area contributed by atoms with E-state index in [4.69, 9.17) is 0 Å². The molecule has 0 saturated heterocycles. The first-order valence-electron chi connectivity index (χ1n) is 10.5. The maximum atomic E-state index is 14.5. The van der Waals surface area contributed by atoms with E-state index < -0.39 is 21.7 Å². The van der Waals surface area contributed by atoms with Gasteiger partial charge in [0.05, 0.1) is 4.90 Å². The molecule has 8 nitrogen and oxygen atoms in total. The summed E-state index contributed by atoms with van der Waals surface area (Å²) in [5, 5.41) is 6.50. The molecule has 10 heteroatoms. The largest absolute Gasteiger partial charge is 0.322 e. The molecule has 5 rings (SSSR count). The molecule has 1 aliphatic rings. The number of carbonyl (C=O) groups excluding carboxylic acids is 1. The van der Waals surface area contributed by atoms with Crippen LogP contribution in [0.4, 0.5) is 10.1 Å². The average molecular weight is 478 g/mol. The predicted molar refractivity (Wildman–Crippen MR) is 123 cm³/mol. The van der Waals surface area contributed by atoms with Crippen molar-refractivity contribution < 1.29 is 17.6 Å². The summed E-state index contributed by atoms with van der Waals surface area (Å²) in [6, 6.07) is 17.8. The summed E-state index contributed by atoms with van der Waals surface area (Å²) in [4.78, 5) is 16.6. The van der Waals surface area contributed by atoms with Gasteiger partial charge in [0.1, 0.15) is 18.3 Å². The van der Waals surface area contributed by atoms with E-state index in [1.807, 2.05) is 24.3 Å². The lowest BCUT2D eigenvalue weighted by molar-refractivity contribution is 0.102. The Kier molecular flexibility index (Phi) is 5.68. The van der Waals surface area contributed by atoms with Crippen molar-refractivity contribution >= 4 is 21.6 Å². The van der Waals surface area contributed by atoms with Crippen LogP contribution in [0, 0.1) is 5.82 Å². The number of nitrogens with one attached hydrogen (secondary N) is 1. The van der Waals surface area contributed by atoms with Gasteiger partial charge in [-0.3, -0.25) is 4.79 Å². The van der Waals surface area contributed by atoms with Gasteiger partial charge in [0, 0.05) is 24.3 Å². The Hall–Kier alpha value is -3.89. The molecule has 1 aliphatic heterocycles. The maximum Gasteiger partial charge on any atom is 0.255 e. The fourth-order valence-electron chi connectivity index (χ4n) is 3.93. The normalized spacial score (nSPS) is 13.9. The fourth-order valence-corrected chi connectivity index (χ4v) is 5.39. The van der Waals surface area contributed by atoms with Gasteiger partial charge in [-0.05, 0) is 53.9 Å². The van der Waals surface area contributed by atoms with Gasteiger partial charge in [0.15, 0.2) is 5.82 Å². The second kappa shape index (κ2) is 8.81. The number of fused-ring (bicyclic) bond motifs is 1. The van der Waals surface area contributed by atoms with E-state index in [-0.39, 0.29) is 28.4 Å². The molecular formula is C24H20FN5O3S. The smallest absolute Gasteiger partial charge is 0.255 e. The quantitative estimate of drug-likeness (QED) is 0.475. The molecule has 4 aromatic rings. The van der Waals surface area contributed by atoms with Crippen molar-refractivity contribution in [2.75, 3.05) is 11.9 Å². The summed E-state index contributed by atoms with van der Waals surface area (Å²) < 4.78 is 43.7. The van der Waals surface area contributed by atoms with Crippen LogP contribution in [-0.2, 0) is 23.0 Å². The molecule has 0 saturated carbocycles. The van der Waals surface area contributed by atoms with E-state index in [1.165, 1.54) is 64.1 Å². The van der Waals surface area contributed by atoms with E-state index in [0.29, 0.717) is 13.0 Å². The van der Waals surface area contributed by atoms with Gasteiger partial charge in [-0.2, -0.15) is 9.40 Å². The molecule has 0 radical (unpaired) electrons. The van der Waals surface area contributed by atoms with E-state index in [2.05, 4.69) is 15.4 Å². The molecule has 1 aromatic heterocycles. The van der Waals surface area contributed by atoms with Crippen LogP contribution < -0.4 is 5.32 Å². The third-order valence-corrected chi connectivity index (χ3v) is 7.54. The second-order valence-corrected chi connectivity index (χ2v) is 9.78. The van der Waals surface area contributed by atoms with Crippen LogP contribution in [0.1, 0.15) is 21.5 Å². The van der Waals surface area contributed by atoms with Crippen molar-refractivity contribution in [3.63, 3.8) is 0 Å². The van der Waals surface area contributed by atoms with Gasteiger partial charge < -0.3 is 5.32 Å². The number of rotatable bonds is 5. The summed E-state index contributed by atoms with van der Waals surface area (Å²) in [6.45, 7) is 0.652. The van der Waals surface area contributed by atoms with Crippen molar-refractivity contribution in [1.29, 1.82) is 0 Å². The Labute approximate surface area is 195 Å². The number of hydrogen-bond acceptors (Lipinski definition) is 5. The molecule has 0 bridgehead atoms. The van der Waals surface area contributed by atoms with Crippen molar-refractivity contribution in [3.8, 4) is 5.69 Å². The lowest BCUT2D eigenvalue weighted by Crippen LogP contribution is -2.36. The minimum Gasteiger partial charge on any atom is -0.322 e. The third kappa shape index (κ3) is 4.20. The third-order valence-electron chi connectivity index (χ3n) is 5.70. The van der Waals surface area contributed by atoms with E-state index in [1.54, 1.807) is 0 Å². The van der Waals surface area contributed by atoms with E-state index >= 15 is 0 Å². The molecule has 3 aromatic carbocycles. The van der Waals surface area contributed by atoms with Crippen molar-refractivity contribution in [2.24, 2.45) is 0 Å². The maximum absolute atomic E-state index is 14.5. The molecule has 0 spiro atoms. The van der Waals surface area contributed by atoms with Crippen LogP contribution in [0.15, 0.2) is 84.3 Å². The van der Waals surface area contributed by atoms with E-state index in [0.717, 1.165) is 11.1 Å². The molecule has 172 valence electrons. The Morgan fingerprint density at radius 1 is 1.00 bits per heavy atom. The molecule has 0 unspecified atom stereocenters. The van der Waals surface area contributed by atoms with Crippen LogP contribution in [0.5, 0.6) is 0 Å². The Balaban J connectivity index is 1.35. The minimum absolute atomic E-state index is 0.0345. The minimum atomic E-state index is -3.79. The lowest BCUT2D eigenvalue weighted by atomic mass is 10.0. The second-order valence-electron chi connectivity index (χ2n) is 7.85. The highest BCUT2D eigenvalue weighted by atomic mass is 32.2. The topological polar surface area (TPSA) is 97.2 Å². The zero-order chi connectivity index (χ0) is 23.7. The van der Waals surface area contributed by atoms with Crippen LogP contribution >= 0.6 is 0 Å². The first-order chi connectivity index (χ1) is 16.4. The number of nitrogens with zero attached hydrogens (tertiary/aromatic N) is 4. The standard InChI is InChI=1S/C24H20FN5O3S/c25-22-13-20(8-9-23(22)30-16-26-15-27-30)28-24(31)18-6-3-7-21(12-18)34(32,33)29-11-10-17-4-1-2-5-19(17)14-29/h1-9,12-13,15-16H,10-11,14H2,(H,28,31). The van der Waals surface area contributed by atoms with Gasteiger partial charge in [-0.1, -0.05) is 30.3 Å². The Morgan fingerprint density at radius 3 is 2.59 bits per heavy atom. The molecule has 1 N–H and O–H groups in total. The SMILES string of the molecule is O=C(Nc1ccc(-n2cncn2)c(F)c1)c1cccc(S(=O)(=O)N2CCc3ccccc3C2)c1. The molecule has 2 heterocycles. The van der Waals surface area contributed by atoms with Gasteiger partial charge in [0.2, 0.25) is 10.0 Å². The molecule has 34 heavy (non-hydrogen) atoms. The Morgan fingerprint density at radius 2 is 1.82 bits per heavy atom. The summed E-state index contributed by atoms with van der Waals surface area (Å²) in [5.41, 5.74) is 2.69. The molecule has 0 atom stereocenters. The number of anilines is 1. The number of benzene rings is 3. The summed E-state index contributed by atoms with van der Waals surface area (Å²) in [7, 11) is -3.79. The number of amides is 1. The van der Waals surface area contributed by atoms with Gasteiger partial charge in [-0.15, -0.1) is 0 Å². The number of halogens is 1. The number of aromatic nitrogens is 3. The zero-order valence-corrected chi connectivity index (χ0v) is 18.7. The van der Waals surface area contributed by atoms with Crippen LogP contribution in [-0.4, -0.2) is 39.9 Å². The average Bonchev–Trinajstić information content (AvgIpc) is 3.38. The van der Waals surface area contributed by atoms with Crippen molar-refractivity contribution in [3.05, 3.63) is 102 Å². The van der Waals surface area contributed by atoms with Gasteiger partial charge >= 0.3 is 0 Å². The summed E-state index contributed by atoms with van der Waals surface area (Å²) >= 11 is 0. The number of sulfonamides is 1. The van der Waals surface area contributed by atoms with E-state index in [9.17, 15) is 17.6 Å². The molecule has 0 fully saturated rings. The zero-order valence-electron chi connectivity index (χ0n) is 17.9. The monoisotopic (exact) mass is 477 g/mol. The summed E-state index contributed by atoms with van der Waals surface area (Å²) in [5.74, 6) is -1.14. The molecule has 0 aliphatic carbocycles. The highest BCUT2D eigenvalue weighted by Crippen LogP contribution is 2.26. The number of carbonyl (C=O) groups is 1. The Bertz CT molecular complexity index is 1470. The fraction of sp³-hybridized carbons (Fsp3) is 0.125. The summed E-state index contributed by atoms with van der Waals surface area (Å²) in [6.07, 6.45) is 3.29.